The van der Waals surface area contributed by atoms with Gasteiger partial charge in [0, 0.05) is 11.6 Å². The van der Waals surface area contributed by atoms with Gasteiger partial charge in [-0.05, 0) is 36.8 Å². The van der Waals surface area contributed by atoms with Crippen LogP contribution in [0.15, 0.2) is 59.6 Å². The monoisotopic (exact) mass is 317 g/mol. The molecule has 1 aromatic heterocycles. The molecule has 0 saturated heterocycles. The Morgan fingerprint density at radius 2 is 1.86 bits per heavy atom. The van der Waals surface area contributed by atoms with Crippen molar-refractivity contribution in [3.05, 3.63) is 66.1 Å². The molecule has 1 heterocycles. The van der Waals surface area contributed by atoms with Crippen LogP contribution in [0.2, 0.25) is 0 Å². The van der Waals surface area contributed by atoms with Crippen molar-refractivity contribution >= 4 is 21.0 Å². The van der Waals surface area contributed by atoms with Gasteiger partial charge < -0.3 is 4.18 Å². The Morgan fingerprint density at radius 1 is 1.09 bits per heavy atom. The minimum absolute atomic E-state index is 0.0677. The first-order valence-electron chi connectivity index (χ1n) is 6.52. The van der Waals surface area contributed by atoms with Crippen molar-refractivity contribution in [2.75, 3.05) is 0 Å². The molecule has 0 aliphatic rings. The normalized spacial score (nSPS) is 11.5. The third-order valence-electron chi connectivity index (χ3n) is 3.15. The predicted octanol–water partition coefficient (Wildman–Crippen LogP) is 3.45. The van der Waals surface area contributed by atoms with Crippen molar-refractivity contribution in [1.29, 1.82) is 0 Å². The molecule has 0 aliphatic heterocycles. The first kappa shape index (κ1) is 14.5. The summed E-state index contributed by atoms with van der Waals surface area (Å²) in [5.41, 5.74) is 1.03. The van der Waals surface area contributed by atoms with Gasteiger partial charge in [-0.2, -0.15) is 8.42 Å². The average molecular weight is 317 g/mol. The van der Waals surface area contributed by atoms with E-state index in [0.717, 1.165) is 11.5 Å². The number of aromatic nitrogens is 1. The molecule has 2 aromatic carbocycles. The largest absolute Gasteiger partial charge is 0.377 e. The van der Waals surface area contributed by atoms with Crippen LogP contribution in [0.4, 0.5) is 4.39 Å². The topological polar surface area (TPSA) is 56.3 Å². The Hall–Kier alpha value is -2.47. The van der Waals surface area contributed by atoms with Gasteiger partial charge in [-0.15, -0.1) is 0 Å². The molecule has 0 radical (unpaired) electrons. The zero-order valence-corrected chi connectivity index (χ0v) is 12.5. The molecule has 0 bridgehead atoms. The van der Waals surface area contributed by atoms with E-state index < -0.39 is 20.8 Å². The van der Waals surface area contributed by atoms with Crippen LogP contribution < -0.4 is 4.18 Å². The van der Waals surface area contributed by atoms with Crippen LogP contribution in [0, 0.1) is 12.7 Å². The van der Waals surface area contributed by atoms with Crippen molar-refractivity contribution in [1.82, 2.24) is 4.98 Å². The summed E-state index contributed by atoms with van der Waals surface area (Å²) >= 11 is 0. The van der Waals surface area contributed by atoms with Gasteiger partial charge in [0.2, 0.25) is 0 Å². The van der Waals surface area contributed by atoms with E-state index in [2.05, 4.69) is 4.98 Å². The lowest BCUT2D eigenvalue weighted by Crippen LogP contribution is -2.12. The number of benzene rings is 2. The van der Waals surface area contributed by atoms with Crippen molar-refractivity contribution in [3.8, 4) is 5.75 Å². The Morgan fingerprint density at radius 3 is 2.64 bits per heavy atom. The van der Waals surface area contributed by atoms with E-state index in [0.29, 0.717) is 11.1 Å². The summed E-state index contributed by atoms with van der Waals surface area (Å²) in [6.07, 6.45) is 1.54. The van der Waals surface area contributed by atoms with Crippen LogP contribution in [0.5, 0.6) is 5.75 Å². The van der Waals surface area contributed by atoms with E-state index in [-0.39, 0.29) is 5.75 Å². The molecular weight excluding hydrogens is 305 g/mol. The highest BCUT2D eigenvalue weighted by Gasteiger charge is 2.22. The zero-order valence-electron chi connectivity index (χ0n) is 11.7. The SMILES string of the molecule is Cc1ccc(S(=O)(=O)Oc2cccc3cccnc23)c(F)c1. The summed E-state index contributed by atoms with van der Waals surface area (Å²) < 4.78 is 43.6. The second-order valence-electron chi connectivity index (χ2n) is 4.80. The number of aryl methyl sites for hydroxylation is 1. The molecular formula is C16H12FNO3S. The maximum Gasteiger partial charge on any atom is 0.342 e. The fourth-order valence-corrected chi connectivity index (χ4v) is 3.11. The van der Waals surface area contributed by atoms with Crippen LogP contribution >= 0.6 is 0 Å². The highest BCUT2D eigenvalue weighted by Crippen LogP contribution is 2.27. The number of para-hydroxylation sites is 1. The van der Waals surface area contributed by atoms with Gasteiger partial charge in [0.05, 0.1) is 0 Å². The van der Waals surface area contributed by atoms with Gasteiger partial charge in [-0.25, -0.2) is 4.39 Å². The Labute approximate surface area is 127 Å². The minimum atomic E-state index is -4.27. The van der Waals surface area contributed by atoms with Gasteiger partial charge in [-0.3, -0.25) is 4.98 Å². The summed E-state index contributed by atoms with van der Waals surface area (Å²) in [5, 5.41) is 0.736. The first-order valence-corrected chi connectivity index (χ1v) is 7.92. The molecule has 112 valence electrons. The third-order valence-corrected chi connectivity index (χ3v) is 4.42. The van der Waals surface area contributed by atoms with E-state index >= 15 is 0 Å². The van der Waals surface area contributed by atoms with E-state index in [4.69, 9.17) is 4.18 Å². The minimum Gasteiger partial charge on any atom is -0.377 e. The van der Waals surface area contributed by atoms with E-state index in [1.54, 1.807) is 31.2 Å². The number of pyridine rings is 1. The van der Waals surface area contributed by atoms with Crippen molar-refractivity contribution in [2.24, 2.45) is 0 Å². The molecule has 0 N–H and O–H groups in total. The molecule has 22 heavy (non-hydrogen) atoms. The number of fused-ring (bicyclic) bond motifs is 1. The van der Waals surface area contributed by atoms with Crippen LogP contribution in [0.25, 0.3) is 10.9 Å². The molecule has 4 nitrogen and oxygen atoms in total. The summed E-state index contributed by atoms with van der Waals surface area (Å²) in [5.74, 6) is -0.772. The lowest BCUT2D eigenvalue weighted by Gasteiger charge is -2.10. The molecule has 3 aromatic rings. The van der Waals surface area contributed by atoms with Gasteiger partial charge in [-0.1, -0.05) is 24.3 Å². The molecule has 6 heteroatoms. The Balaban J connectivity index is 2.07. The summed E-state index contributed by atoms with van der Waals surface area (Å²) in [4.78, 5) is 3.62. The Kier molecular flexibility index (Phi) is 3.54. The summed E-state index contributed by atoms with van der Waals surface area (Å²) in [6, 6.07) is 12.3. The maximum absolute atomic E-state index is 13.9. The number of rotatable bonds is 3. The van der Waals surface area contributed by atoms with Crippen LogP contribution in [0.1, 0.15) is 5.56 Å². The number of halogens is 1. The lowest BCUT2D eigenvalue weighted by molar-refractivity contribution is 0.478. The standard InChI is InChI=1S/C16H12FNO3S/c1-11-7-8-15(13(17)10-11)22(19,20)21-14-6-2-4-12-5-3-9-18-16(12)14/h2-10H,1H3. The molecule has 0 amide bonds. The number of nitrogens with zero attached hydrogens (tertiary/aromatic N) is 1. The van der Waals surface area contributed by atoms with Crippen molar-refractivity contribution < 1.29 is 17.0 Å². The molecule has 0 saturated carbocycles. The highest BCUT2D eigenvalue weighted by molar-refractivity contribution is 7.87. The smallest absolute Gasteiger partial charge is 0.342 e. The molecule has 0 unspecified atom stereocenters. The molecule has 0 spiro atoms. The van der Waals surface area contributed by atoms with Crippen molar-refractivity contribution in [2.45, 2.75) is 11.8 Å². The molecule has 0 aliphatic carbocycles. The number of hydrogen-bond donors (Lipinski definition) is 0. The fraction of sp³-hybridized carbons (Fsp3) is 0.0625. The second-order valence-corrected chi connectivity index (χ2v) is 6.32. The quantitative estimate of drug-likeness (QED) is 0.694. The van der Waals surface area contributed by atoms with E-state index in [1.165, 1.54) is 24.4 Å². The van der Waals surface area contributed by atoms with Crippen LogP contribution in [0.3, 0.4) is 0 Å². The third kappa shape index (κ3) is 2.65. The highest BCUT2D eigenvalue weighted by atomic mass is 32.2. The van der Waals surface area contributed by atoms with Crippen LogP contribution in [-0.2, 0) is 10.1 Å². The summed E-state index contributed by atoms with van der Waals surface area (Å²) in [7, 11) is -4.27. The van der Waals surface area contributed by atoms with Crippen molar-refractivity contribution in [3.63, 3.8) is 0 Å². The average Bonchev–Trinajstić information content (AvgIpc) is 2.47. The van der Waals surface area contributed by atoms with Gasteiger partial charge >= 0.3 is 10.1 Å². The second kappa shape index (κ2) is 5.38. The van der Waals surface area contributed by atoms with Crippen LogP contribution in [-0.4, -0.2) is 13.4 Å². The Bertz CT molecular complexity index is 949. The fourth-order valence-electron chi connectivity index (χ4n) is 2.12. The summed E-state index contributed by atoms with van der Waals surface area (Å²) in [6.45, 7) is 1.68. The van der Waals surface area contributed by atoms with E-state index in [1.807, 2.05) is 0 Å². The molecule has 0 fully saturated rings. The van der Waals surface area contributed by atoms with Gasteiger partial charge in [0.15, 0.2) is 5.75 Å². The maximum atomic E-state index is 13.9. The molecule has 0 atom stereocenters. The van der Waals surface area contributed by atoms with E-state index in [9.17, 15) is 12.8 Å². The number of hydrogen-bond acceptors (Lipinski definition) is 4. The van der Waals surface area contributed by atoms with Gasteiger partial charge in [0.25, 0.3) is 0 Å². The zero-order chi connectivity index (χ0) is 15.7. The molecule has 3 rings (SSSR count). The first-order chi connectivity index (χ1) is 10.5. The lowest BCUT2D eigenvalue weighted by atomic mass is 10.2. The van der Waals surface area contributed by atoms with Gasteiger partial charge in [0.1, 0.15) is 16.2 Å². The predicted molar refractivity (Wildman–Crippen MR) is 80.7 cm³/mol.